The molecule has 152 valence electrons. The molecule has 1 spiro atoms. The number of benzene rings is 2. The van der Waals surface area contributed by atoms with Gasteiger partial charge in [-0.25, -0.2) is 4.39 Å². The second-order valence-corrected chi connectivity index (χ2v) is 8.16. The van der Waals surface area contributed by atoms with E-state index in [-0.39, 0.29) is 17.2 Å². The lowest BCUT2D eigenvalue weighted by molar-refractivity contribution is -0.124. The highest BCUT2D eigenvalue weighted by Crippen LogP contribution is 2.45. The van der Waals surface area contributed by atoms with E-state index >= 15 is 0 Å². The Balaban J connectivity index is 1.57. The molecule has 2 amide bonds. The molecule has 2 fully saturated rings. The van der Waals surface area contributed by atoms with E-state index in [1.807, 2.05) is 0 Å². The number of amides is 2. The van der Waals surface area contributed by atoms with Gasteiger partial charge in [0.25, 0.3) is 5.91 Å². The minimum atomic E-state index is -0.409. The molecule has 5 nitrogen and oxygen atoms in total. The Morgan fingerprint density at radius 1 is 1.14 bits per heavy atom. The van der Waals surface area contributed by atoms with Gasteiger partial charge < -0.3 is 15.0 Å². The van der Waals surface area contributed by atoms with Crippen LogP contribution in [-0.4, -0.2) is 43.0 Å². The zero-order chi connectivity index (χ0) is 20.4. The lowest BCUT2D eigenvalue weighted by Crippen LogP contribution is -2.42. The number of carbonyl (C=O) groups is 2. The van der Waals surface area contributed by atoms with Crippen molar-refractivity contribution in [1.82, 2.24) is 4.90 Å². The maximum atomic E-state index is 13.5. The Hall–Kier alpha value is -2.44. The number of nitrogens with one attached hydrogen (secondary N) is 1. The van der Waals surface area contributed by atoms with Crippen molar-refractivity contribution < 1.29 is 18.7 Å². The van der Waals surface area contributed by atoms with Crippen LogP contribution in [0.3, 0.4) is 0 Å². The van der Waals surface area contributed by atoms with Gasteiger partial charge >= 0.3 is 0 Å². The maximum absolute atomic E-state index is 13.5. The molecule has 2 heterocycles. The van der Waals surface area contributed by atoms with E-state index in [2.05, 4.69) is 5.32 Å². The highest BCUT2D eigenvalue weighted by molar-refractivity contribution is 6.30. The Morgan fingerprint density at radius 3 is 2.62 bits per heavy atom. The molecule has 0 aromatic heterocycles. The summed E-state index contributed by atoms with van der Waals surface area (Å²) in [7, 11) is 0. The fourth-order valence-electron chi connectivity index (χ4n) is 4.37. The summed E-state index contributed by atoms with van der Waals surface area (Å²) >= 11 is 6.04. The van der Waals surface area contributed by atoms with E-state index in [4.69, 9.17) is 16.3 Å². The molecule has 7 heteroatoms. The molecule has 2 aliphatic rings. The topological polar surface area (TPSA) is 58.6 Å². The minimum Gasteiger partial charge on any atom is -0.381 e. The minimum absolute atomic E-state index is 0.139. The Kier molecular flexibility index (Phi) is 5.56. The lowest BCUT2D eigenvalue weighted by Gasteiger charge is -2.37. The fourth-order valence-corrected chi connectivity index (χ4v) is 4.56. The van der Waals surface area contributed by atoms with Gasteiger partial charge in [0.15, 0.2) is 0 Å². The average molecular weight is 417 g/mol. The van der Waals surface area contributed by atoms with Crippen molar-refractivity contribution in [2.75, 3.05) is 31.6 Å². The lowest BCUT2D eigenvalue weighted by atomic mass is 9.71. The van der Waals surface area contributed by atoms with Crippen LogP contribution in [-0.2, 0) is 9.53 Å². The Labute approximate surface area is 173 Å². The number of halogens is 2. The first-order valence-electron chi connectivity index (χ1n) is 9.66. The molecule has 0 bridgehead atoms. The van der Waals surface area contributed by atoms with Gasteiger partial charge in [-0.2, -0.15) is 0 Å². The van der Waals surface area contributed by atoms with Crippen molar-refractivity contribution in [3.05, 3.63) is 64.9 Å². The number of rotatable bonds is 3. The summed E-state index contributed by atoms with van der Waals surface area (Å²) in [5.41, 5.74) is 0.576. The quantitative estimate of drug-likeness (QED) is 0.823. The van der Waals surface area contributed by atoms with E-state index in [1.165, 1.54) is 12.1 Å². The molecular weight excluding hydrogens is 395 g/mol. The van der Waals surface area contributed by atoms with Crippen molar-refractivity contribution in [3.63, 3.8) is 0 Å². The van der Waals surface area contributed by atoms with Crippen molar-refractivity contribution in [3.8, 4) is 0 Å². The largest absolute Gasteiger partial charge is 0.381 e. The summed E-state index contributed by atoms with van der Waals surface area (Å²) in [5.74, 6) is -1.14. The highest BCUT2D eigenvalue weighted by Gasteiger charge is 2.51. The van der Waals surface area contributed by atoms with Crippen LogP contribution in [0, 0.1) is 17.2 Å². The van der Waals surface area contributed by atoms with Crippen LogP contribution in [0.4, 0.5) is 10.1 Å². The Morgan fingerprint density at radius 2 is 1.90 bits per heavy atom. The predicted octanol–water partition coefficient (Wildman–Crippen LogP) is 3.99. The second kappa shape index (κ2) is 8.13. The standard InChI is InChI=1S/C22H22ClFN2O3/c23-16-4-1-3-15(11-16)21(28)26-13-19(22(14-26)7-9-29-10-8-22)20(27)25-18-6-2-5-17(24)12-18/h1-6,11-12,19H,7-10,13-14H2,(H,25,27)/t19-/m1/s1. The summed E-state index contributed by atoms with van der Waals surface area (Å²) in [5, 5.41) is 3.32. The molecule has 2 aromatic rings. The number of carbonyl (C=O) groups excluding carboxylic acids is 2. The van der Waals surface area contributed by atoms with Crippen LogP contribution in [0.5, 0.6) is 0 Å². The van der Waals surface area contributed by atoms with Gasteiger partial charge in [-0.05, 0) is 49.2 Å². The van der Waals surface area contributed by atoms with Crippen molar-refractivity contribution >= 4 is 29.1 Å². The van der Waals surface area contributed by atoms with Crippen LogP contribution in [0.25, 0.3) is 0 Å². The SMILES string of the molecule is O=C(Nc1cccc(F)c1)[C@H]1CN(C(=O)c2cccc(Cl)c2)CC12CCOCC2. The van der Waals surface area contributed by atoms with E-state index < -0.39 is 11.7 Å². The molecule has 0 unspecified atom stereocenters. The molecule has 4 rings (SSSR count). The van der Waals surface area contributed by atoms with Gasteiger partial charge in [0.05, 0.1) is 5.92 Å². The molecular formula is C22H22ClFN2O3. The number of anilines is 1. The smallest absolute Gasteiger partial charge is 0.253 e. The normalized spacial score (nSPS) is 20.6. The van der Waals surface area contributed by atoms with Gasteiger partial charge in [0, 0.05) is 48.0 Å². The molecule has 0 radical (unpaired) electrons. The summed E-state index contributed by atoms with van der Waals surface area (Å²) in [6.07, 6.45) is 1.40. The number of hydrogen-bond donors (Lipinski definition) is 1. The molecule has 2 saturated heterocycles. The van der Waals surface area contributed by atoms with Crippen LogP contribution in [0.2, 0.25) is 5.02 Å². The zero-order valence-corrected chi connectivity index (χ0v) is 16.6. The molecule has 2 aliphatic heterocycles. The van der Waals surface area contributed by atoms with Crippen LogP contribution >= 0.6 is 11.6 Å². The zero-order valence-electron chi connectivity index (χ0n) is 15.9. The van der Waals surface area contributed by atoms with Crippen molar-refractivity contribution in [2.24, 2.45) is 11.3 Å². The third kappa shape index (κ3) is 4.14. The van der Waals surface area contributed by atoms with Crippen LogP contribution < -0.4 is 5.32 Å². The van der Waals surface area contributed by atoms with E-state index in [9.17, 15) is 14.0 Å². The van der Waals surface area contributed by atoms with E-state index in [0.717, 1.165) is 0 Å². The second-order valence-electron chi connectivity index (χ2n) is 7.72. The predicted molar refractivity (Wildman–Crippen MR) is 108 cm³/mol. The van der Waals surface area contributed by atoms with Gasteiger partial charge in [0.2, 0.25) is 5.91 Å². The van der Waals surface area contributed by atoms with Crippen LogP contribution in [0.15, 0.2) is 48.5 Å². The summed E-state index contributed by atoms with van der Waals surface area (Å²) in [6, 6.07) is 12.7. The van der Waals surface area contributed by atoms with Crippen molar-refractivity contribution in [1.29, 1.82) is 0 Å². The first kappa shape index (κ1) is 19.9. The number of ether oxygens (including phenoxy) is 1. The number of hydrogen-bond acceptors (Lipinski definition) is 3. The summed E-state index contributed by atoms with van der Waals surface area (Å²) in [6.45, 7) is 1.92. The molecule has 0 saturated carbocycles. The first-order valence-corrected chi connectivity index (χ1v) is 10.0. The van der Waals surface area contributed by atoms with E-state index in [1.54, 1.807) is 41.3 Å². The molecule has 1 atom stereocenters. The van der Waals surface area contributed by atoms with Gasteiger partial charge in [-0.3, -0.25) is 9.59 Å². The average Bonchev–Trinajstić information content (AvgIpc) is 3.06. The fraction of sp³-hybridized carbons (Fsp3) is 0.364. The third-order valence-electron chi connectivity index (χ3n) is 5.90. The Bertz CT molecular complexity index is 930. The molecule has 1 N–H and O–H groups in total. The number of likely N-dealkylation sites (tertiary alicyclic amines) is 1. The summed E-state index contributed by atoms with van der Waals surface area (Å²) < 4.78 is 19.0. The maximum Gasteiger partial charge on any atom is 0.253 e. The first-order chi connectivity index (χ1) is 14.0. The third-order valence-corrected chi connectivity index (χ3v) is 6.14. The van der Waals surface area contributed by atoms with Gasteiger partial charge in [-0.1, -0.05) is 23.7 Å². The van der Waals surface area contributed by atoms with Crippen LogP contribution in [0.1, 0.15) is 23.2 Å². The summed E-state index contributed by atoms with van der Waals surface area (Å²) in [4.78, 5) is 27.9. The van der Waals surface area contributed by atoms with Gasteiger partial charge in [0.1, 0.15) is 5.82 Å². The monoisotopic (exact) mass is 416 g/mol. The van der Waals surface area contributed by atoms with Gasteiger partial charge in [-0.15, -0.1) is 0 Å². The molecule has 2 aromatic carbocycles. The van der Waals surface area contributed by atoms with E-state index in [0.29, 0.717) is 55.4 Å². The highest BCUT2D eigenvalue weighted by atomic mass is 35.5. The number of nitrogens with zero attached hydrogens (tertiary/aromatic N) is 1. The van der Waals surface area contributed by atoms with Crippen molar-refractivity contribution in [2.45, 2.75) is 12.8 Å². The molecule has 0 aliphatic carbocycles. The molecule has 29 heavy (non-hydrogen) atoms.